The van der Waals surface area contributed by atoms with Crippen LogP contribution in [0.4, 0.5) is 0 Å². The maximum Gasteiger partial charge on any atom is 0.0802 e. The van der Waals surface area contributed by atoms with Crippen LogP contribution < -0.4 is 0 Å². The van der Waals surface area contributed by atoms with Gasteiger partial charge in [0.05, 0.1) is 12.2 Å². The van der Waals surface area contributed by atoms with Crippen LogP contribution in [0.5, 0.6) is 0 Å². The van der Waals surface area contributed by atoms with Gasteiger partial charge in [-0.15, -0.1) is 6.58 Å². The molecular formula is C10H20O2. The SMILES string of the molecule is C=C(C)CCC(O)C(O)CCC. The number of aliphatic hydroxyl groups is 2. The van der Waals surface area contributed by atoms with E-state index < -0.39 is 12.2 Å². The Morgan fingerprint density at radius 3 is 2.17 bits per heavy atom. The van der Waals surface area contributed by atoms with Crippen molar-refractivity contribution < 1.29 is 10.2 Å². The molecule has 0 aromatic heterocycles. The summed E-state index contributed by atoms with van der Waals surface area (Å²) in [5.74, 6) is 0. The first-order valence-electron chi connectivity index (χ1n) is 4.58. The lowest BCUT2D eigenvalue weighted by Crippen LogP contribution is -2.25. The Kier molecular flexibility index (Phi) is 6.03. The molecule has 2 heteroatoms. The van der Waals surface area contributed by atoms with Gasteiger partial charge in [0.15, 0.2) is 0 Å². The van der Waals surface area contributed by atoms with E-state index in [-0.39, 0.29) is 0 Å². The Balaban J connectivity index is 3.55. The monoisotopic (exact) mass is 172 g/mol. The zero-order valence-corrected chi connectivity index (χ0v) is 8.08. The van der Waals surface area contributed by atoms with Gasteiger partial charge in [-0.2, -0.15) is 0 Å². The summed E-state index contributed by atoms with van der Waals surface area (Å²) in [5.41, 5.74) is 1.05. The molecule has 2 N–H and O–H groups in total. The van der Waals surface area contributed by atoms with Gasteiger partial charge in [-0.3, -0.25) is 0 Å². The van der Waals surface area contributed by atoms with Gasteiger partial charge >= 0.3 is 0 Å². The fourth-order valence-electron chi connectivity index (χ4n) is 1.07. The predicted octanol–water partition coefficient (Wildman–Crippen LogP) is 1.86. The summed E-state index contributed by atoms with van der Waals surface area (Å²) in [4.78, 5) is 0. The number of hydrogen-bond acceptors (Lipinski definition) is 2. The molecule has 0 aromatic carbocycles. The summed E-state index contributed by atoms with van der Waals surface area (Å²) < 4.78 is 0. The van der Waals surface area contributed by atoms with E-state index in [1.54, 1.807) is 0 Å². The lowest BCUT2D eigenvalue weighted by atomic mass is 10.0. The minimum atomic E-state index is -0.582. The number of rotatable bonds is 6. The molecule has 0 rings (SSSR count). The van der Waals surface area contributed by atoms with Crippen LogP contribution in [0.15, 0.2) is 12.2 Å². The van der Waals surface area contributed by atoms with E-state index in [1.165, 1.54) is 0 Å². The summed E-state index contributed by atoms with van der Waals surface area (Å²) in [6.45, 7) is 7.66. The van der Waals surface area contributed by atoms with Crippen LogP contribution in [0, 0.1) is 0 Å². The first kappa shape index (κ1) is 11.7. The zero-order chi connectivity index (χ0) is 9.56. The maximum atomic E-state index is 9.41. The van der Waals surface area contributed by atoms with Crippen molar-refractivity contribution in [2.75, 3.05) is 0 Å². The van der Waals surface area contributed by atoms with Crippen molar-refractivity contribution in [3.63, 3.8) is 0 Å². The highest BCUT2D eigenvalue weighted by Crippen LogP contribution is 2.10. The van der Waals surface area contributed by atoms with E-state index in [0.29, 0.717) is 12.8 Å². The molecule has 0 aromatic rings. The maximum absolute atomic E-state index is 9.41. The zero-order valence-electron chi connectivity index (χ0n) is 8.08. The van der Waals surface area contributed by atoms with Gasteiger partial charge in [0.1, 0.15) is 0 Å². The molecule has 0 amide bonds. The molecule has 2 unspecified atom stereocenters. The second-order valence-electron chi connectivity index (χ2n) is 3.42. The highest BCUT2D eigenvalue weighted by molar-refractivity contribution is 4.88. The smallest absolute Gasteiger partial charge is 0.0802 e. The van der Waals surface area contributed by atoms with Crippen molar-refractivity contribution in [3.05, 3.63) is 12.2 Å². The van der Waals surface area contributed by atoms with Crippen LogP contribution in [-0.4, -0.2) is 22.4 Å². The van der Waals surface area contributed by atoms with Crippen molar-refractivity contribution in [2.45, 2.75) is 51.7 Å². The highest BCUT2D eigenvalue weighted by atomic mass is 16.3. The van der Waals surface area contributed by atoms with E-state index in [0.717, 1.165) is 18.4 Å². The van der Waals surface area contributed by atoms with Gasteiger partial charge in [0.2, 0.25) is 0 Å². The van der Waals surface area contributed by atoms with Crippen molar-refractivity contribution in [2.24, 2.45) is 0 Å². The molecule has 72 valence electrons. The molecule has 0 saturated heterocycles. The van der Waals surface area contributed by atoms with Crippen molar-refractivity contribution in [3.8, 4) is 0 Å². The molecule has 0 heterocycles. The summed E-state index contributed by atoms with van der Waals surface area (Å²) in [6, 6.07) is 0. The first-order chi connectivity index (χ1) is 5.57. The number of hydrogen-bond donors (Lipinski definition) is 2. The third kappa shape index (κ3) is 5.33. The Hall–Kier alpha value is -0.340. The number of aliphatic hydroxyl groups excluding tert-OH is 2. The van der Waals surface area contributed by atoms with Gasteiger partial charge in [0, 0.05) is 0 Å². The van der Waals surface area contributed by atoms with Crippen LogP contribution in [0.1, 0.15) is 39.5 Å². The van der Waals surface area contributed by atoms with Crippen molar-refractivity contribution in [1.29, 1.82) is 0 Å². The van der Waals surface area contributed by atoms with Crippen molar-refractivity contribution in [1.82, 2.24) is 0 Å². The summed E-state index contributed by atoms with van der Waals surface area (Å²) >= 11 is 0. The topological polar surface area (TPSA) is 40.5 Å². The molecule has 0 radical (unpaired) electrons. The van der Waals surface area contributed by atoms with Gasteiger partial charge in [-0.05, 0) is 26.2 Å². The Morgan fingerprint density at radius 2 is 1.75 bits per heavy atom. The molecule has 2 atom stereocenters. The minimum Gasteiger partial charge on any atom is -0.390 e. The standard InChI is InChI=1S/C10H20O2/c1-4-5-9(11)10(12)7-6-8(2)3/h9-12H,2,4-7H2,1,3H3. The molecular weight excluding hydrogens is 152 g/mol. The molecule has 0 aliphatic carbocycles. The molecule has 0 spiro atoms. The average molecular weight is 172 g/mol. The van der Waals surface area contributed by atoms with E-state index in [4.69, 9.17) is 0 Å². The van der Waals surface area contributed by atoms with Crippen LogP contribution >= 0.6 is 0 Å². The minimum absolute atomic E-state index is 0.561. The lowest BCUT2D eigenvalue weighted by molar-refractivity contribution is 0.00983. The van der Waals surface area contributed by atoms with E-state index in [2.05, 4.69) is 6.58 Å². The van der Waals surface area contributed by atoms with Gasteiger partial charge in [-0.1, -0.05) is 18.9 Å². The fraction of sp³-hybridized carbons (Fsp3) is 0.800. The summed E-state index contributed by atoms with van der Waals surface area (Å²) in [6.07, 6.45) is 1.86. The van der Waals surface area contributed by atoms with Crippen LogP contribution in [0.2, 0.25) is 0 Å². The third-order valence-corrected chi connectivity index (χ3v) is 1.90. The lowest BCUT2D eigenvalue weighted by Gasteiger charge is -2.16. The molecule has 0 fully saturated rings. The Bertz CT molecular complexity index is 132. The molecule has 0 aliphatic rings. The molecule has 0 bridgehead atoms. The highest BCUT2D eigenvalue weighted by Gasteiger charge is 2.14. The predicted molar refractivity (Wildman–Crippen MR) is 51.0 cm³/mol. The van der Waals surface area contributed by atoms with Gasteiger partial charge in [0.25, 0.3) is 0 Å². The Labute approximate surface area is 74.9 Å². The van der Waals surface area contributed by atoms with Gasteiger partial charge in [-0.25, -0.2) is 0 Å². The first-order valence-corrected chi connectivity index (χ1v) is 4.58. The van der Waals surface area contributed by atoms with E-state index >= 15 is 0 Å². The molecule has 12 heavy (non-hydrogen) atoms. The van der Waals surface area contributed by atoms with Crippen molar-refractivity contribution >= 4 is 0 Å². The average Bonchev–Trinajstić information content (AvgIpc) is 2.00. The number of allylic oxidation sites excluding steroid dienone is 1. The molecule has 0 saturated carbocycles. The fourth-order valence-corrected chi connectivity index (χ4v) is 1.07. The third-order valence-electron chi connectivity index (χ3n) is 1.90. The molecule has 2 nitrogen and oxygen atoms in total. The van der Waals surface area contributed by atoms with Gasteiger partial charge < -0.3 is 10.2 Å². The summed E-state index contributed by atoms with van der Waals surface area (Å²) in [5, 5.41) is 18.8. The van der Waals surface area contributed by atoms with Crippen LogP contribution in [0.3, 0.4) is 0 Å². The second kappa shape index (κ2) is 6.21. The normalized spacial score (nSPS) is 15.7. The molecule has 0 aliphatic heterocycles. The van der Waals surface area contributed by atoms with E-state index in [1.807, 2.05) is 13.8 Å². The largest absolute Gasteiger partial charge is 0.390 e. The van der Waals surface area contributed by atoms with E-state index in [9.17, 15) is 10.2 Å². The summed E-state index contributed by atoms with van der Waals surface area (Å²) in [7, 11) is 0. The quantitative estimate of drug-likeness (QED) is 0.600. The van der Waals surface area contributed by atoms with Crippen LogP contribution in [0.25, 0.3) is 0 Å². The van der Waals surface area contributed by atoms with Crippen LogP contribution in [-0.2, 0) is 0 Å². The Morgan fingerprint density at radius 1 is 1.25 bits per heavy atom. The second-order valence-corrected chi connectivity index (χ2v) is 3.42.